The van der Waals surface area contributed by atoms with Gasteiger partial charge < -0.3 is 19.5 Å². The molecule has 29 heavy (non-hydrogen) atoms. The monoisotopic (exact) mass is 417 g/mol. The van der Waals surface area contributed by atoms with Crippen molar-refractivity contribution in [1.82, 2.24) is 0 Å². The van der Waals surface area contributed by atoms with Crippen molar-refractivity contribution in [2.45, 2.75) is 24.5 Å². The van der Waals surface area contributed by atoms with Gasteiger partial charge in [0.05, 0.1) is 10.6 Å². The largest absolute Gasteiger partial charge is 0.477 e. The van der Waals surface area contributed by atoms with Gasteiger partial charge in [0.2, 0.25) is 9.84 Å². The summed E-state index contributed by atoms with van der Waals surface area (Å²) < 4.78 is 40.8. The fourth-order valence-corrected chi connectivity index (χ4v) is 3.68. The molecule has 2 aromatic rings. The van der Waals surface area contributed by atoms with Crippen molar-refractivity contribution in [2.24, 2.45) is 0 Å². The lowest BCUT2D eigenvalue weighted by Gasteiger charge is -2.29. The maximum atomic E-state index is 12.7. The van der Waals surface area contributed by atoms with Gasteiger partial charge in [-0.05, 0) is 24.3 Å². The molecule has 1 heterocycles. The van der Waals surface area contributed by atoms with Crippen LogP contribution in [-0.2, 0) is 28.9 Å². The Morgan fingerprint density at radius 1 is 0.966 bits per heavy atom. The third kappa shape index (κ3) is 4.94. The van der Waals surface area contributed by atoms with Gasteiger partial charge in [-0.3, -0.25) is 0 Å². The first kappa shape index (κ1) is 20.4. The number of hydrogen-bond donors (Lipinski definition) is 1. The number of nitrogens with one attached hydrogen (secondary N) is 1. The number of ether oxygens (including phenoxy) is 3. The van der Waals surface area contributed by atoms with Gasteiger partial charge in [-0.2, -0.15) is 0 Å². The normalized spacial score (nSPS) is 15.9. The number of benzene rings is 2. The van der Waals surface area contributed by atoms with E-state index in [1.54, 1.807) is 42.5 Å². The Morgan fingerprint density at radius 2 is 1.55 bits per heavy atom. The van der Waals surface area contributed by atoms with Crippen molar-refractivity contribution < 1.29 is 32.2 Å². The lowest BCUT2D eigenvalue weighted by molar-refractivity contribution is -0.222. The number of carbonyl (C=O) groups excluding carboxylic acids is 2. The molecule has 0 radical (unpaired) electrons. The second-order valence-corrected chi connectivity index (χ2v) is 8.47. The van der Waals surface area contributed by atoms with Crippen molar-refractivity contribution in [3.05, 3.63) is 66.4 Å². The molecule has 0 spiro atoms. The highest BCUT2D eigenvalue weighted by Crippen LogP contribution is 2.25. The van der Waals surface area contributed by atoms with E-state index in [2.05, 4.69) is 5.32 Å². The summed E-state index contributed by atoms with van der Waals surface area (Å²) in [5.41, 5.74) is -0.209. The van der Waals surface area contributed by atoms with Crippen LogP contribution in [0.2, 0.25) is 0 Å². The molecular weight excluding hydrogens is 398 g/mol. The molecule has 1 aliphatic heterocycles. The minimum Gasteiger partial charge on any atom is -0.477 e. The molecule has 0 saturated carbocycles. The molecule has 0 bridgehead atoms. The van der Waals surface area contributed by atoms with Crippen LogP contribution in [-0.4, -0.2) is 32.1 Å². The van der Waals surface area contributed by atoms with E-state index in [4.69, 9.17) is 14.2 Å². The number of hydrogen-bond acceptors (Lipinski definition) is 8. The molecule has 2 aromatic carbocycles. The molecule has 0 unspecified atom stereocenters. The van der Waals surface area contributed by atoms with E-state index in [0.717, 1.165) is 6.20 Å². The zero-order valence-electron chi connectivity index (χ0n) is 15.7. The highest BCUT2D eigenvalue weighted by atomic mass is 32.2. The van der Waals surface area contributed by atoms with Crippen LogP contribution < -0.4 is 10.1 Å². The summed E-state index contributed by atoms with van der Waals surface area (Å²) in [6.45, 7) is 2.86. The van der Waals surface area contributed by atoms with Crippen molar-refractivity contribution in [3.8, 4) is 5.75 Å². The van der Waals surface area contributed by atoms with Gasteiger partial charge in [0.25, 0.3) is 5.79 Å². The van der Waals surface area contributed by atoms with Crippen molar-refractivity contribution in [3.63, 3.8) is 0 Å². The van der Waals surface area contributed by atoms with E-state index in [0.29, 0.717) is 5.75 Å². The first-order chi connectivity index (χ1) is 13.7. The van der Waals surface area contributed by atoms with Crippen molar-refractivity contribution >= 4 is 27.5 Å². The molecule has 0 atom stereocenters. The predicted molar refractivity (Wildman–Crippen MR) is 104 cm³/mol. The second kappa shape index (κ2) is 7.96. The van der Waals surface area contributed by atoms with Gasteiger partial charge in [0, 0.05) is 20.0 Å². The highest BCUT2D eigenvalue weighted by molar-refractivity contribution is 7.91. The van der Waals surface area contributed by atoms with Gasteiger partial charge >= 0.3 is 11.9 Å². The fraction of sp³-hybridized carbons (Fsp3) is 0.200. The molecule has 0 aliphatic carbocycles. The number of anilines is 1. The summed E-state index contributed by atoms with van der Waals surface area (Å²) >= 11 is 0. The maximum absolute atomic E-state index is 12.7. The van der Waals surface area contributed by atoms with Gasteiger partial charge in [-0.15, -0.1) is 0 Å². The van der Waals surface area contributed by atoms with Gasteiger partial charge in [-0.1, -0.05) is 30.3 Å². The quantitative estimate of drug-likeness (QED) is 0.434. The Bertz CT molecular complexity index is 1040. The van der Waals surface area contributed by atoms with Crippen LogP contribution in [0.15, 0.2) is 71.3 Å². The molecule has 3 rings (SSSR count). The fourth-order valence-electron chi connectivity index (χ4n) is 2.51. The highest BCUT2D eigenvalue weighted by Gasteiger charge is 2.39. The Kier molecular flexibility index (Phi) is 5.60. The van der Waals surface area contributed by atoms with E-state index < -0.39 is 33.5 Å². The topological polar surface area (TPSA) is 108 Å². The average molecular weight is 417 g/mol. The second-order valence-electron chi connectivity index (χ2n) is 6.57. The van der Waals surface area contributed by atoms with Crippen LogP contribution in [0.5, 0.6) is 5.75 Å². The summed E-state index contributed by atoms with van der Waals surface area (Å²) in [6.07, 6.45) is 1.06. The molecular formula is C20H19NO7S. The SMILES string of the molecule is CC1(C)OC(=O)C(=CNc2ccccc2S(=O)(=O)COc2ccccc2)C(=O)O1. The van der Waals surface area contributed by atoms with Crippen LogP contribution in [0.25, 0.3) is 0 Å². The molecule has 1 fully saturated rings. The first-order valence-corrected chi connectivity index (χ1v) is 10.3. The number of para-hydroxylation sites is 2. The van der Waals surface area contributed by atoms with Crippen molar-refractivity contribution in [1.29, 1.82) is 0 Å². The molecule has 0 aromatic heterocycles. The number of rotatable bonds is 6. The summed E-state index contributed by atoms with van der Waals surface area (Å²) in [5.74, 6) is -3.26. The zero-order chi connectivity index (χ0) is 21.1. The predicted octanol–water partition coefficient (Wildman–Crippen LogP) is 2.63. The molecule has 0 amide bonds. The molecule has 1 saturated heterocycles. The van der Waals surface area contributed by atoms with E-state index in [1.807, 2.05) is 0 Å². The number of sulfone groups is 1. The van der Waals surface area contributed by atoms with Crippen LogP contribution >= 0.6 is 0 Å². The van der Waals surface area contributed by atoms with Crippen molar-refractivity contribution in [2.75, 3.05) is 11.3 Å². The Hall–Kier alpha value is -3.33. The van der Waals surface area contributed by atoms with E-state index in [-0.39, 0.29) is 16.2 Å². The van der Waals surface area contributed by atoms with Crippen LogP contribution in [0.1, 0.15) is 13.8 Å². The molecule has 1 aliphatic rings. The number of esters is 2. The smallest absolute Gasteiger partial charge is 0.350 e. The van der Waals surface area contributed by atoms with E-state index >= 15 is 0 Å². The lowest BCUT2D eigenvalue weighted by Crippen LogP contribution is -2.42. The maximum Gasteiger partial charge on any atom is 0.350 e. The third-order valence-corrected chi connectivity index (χ3v) is 5.29. The summed E-state index contributed by atoms with van der Waals surface area (Å²) in [5, 5.41) is 2.68. The molecule has 1 N–H and O–H groups in total. The minimum absolute atomic E-state index is 0.0503. The number of cyclic esters (lactones) is 2. The summed E-state index contributed by atoms with van der Waals surface area (Å²) in [7, 11) is -3.83. The van der Waals surface area contributed by atoms with Gasteiger partial charge in [0.15, 0.2) is 11.5 Å². The first-order valence-electron chi connectivity index (χ1n) is 8.61. The molecule has 8 nitrogen and oxygen atoms in total. The van der Waals surface area contributed by atoms with Crippen LogP contribution in [0.4, 0.5) is 5.69 Å². The Morgan fingerprint density at radius 3 is 2.21 bits per heavy atom. The zero-order valence-corrected chi connectivity index (χ0v) is 16.6. The van der Waals surface area contributed by atoms with Crippen LogP contribution in [0.3, 0.4) is 0 Å². The molecule has 9 heteroatoms. The standard InChI is InChI=1S/C20H19NO7S/c1-20(2)27-18(22)15(19(23)28-20)12-21-16-10-6-7-11-17(16)29(24,25)13-26-14-8-4-3-5-9-14/h3-12,21H,13H2,1-2H3. The number of carbonyl (C=O) groups is 2. The van der Waals surface area contributed by atoms with E-state index in [9.17, 15) is 18.0 Å². The van der Waals surface area contributed by atoms with Crippen LogP contribution in [0, 0.1) is 0 Å². The summed E-state index contributed by atoms with van der Waals surface area (Å²) in [6, 6.07) is 14.6. The van der Waals surface area contributed by atoms with Gasteiger partial charge in [0.1, 0.15) is 5.75 Å². The van der Waals surface area contributed by atoms with E-state index in [1.165, 1.54) is 26.0 Å². The van der Waals surface area contributed by atoms with Gasteiger partial charge in [-0.25, -0.2) is 18.0 Å². The lowest BCUT2D eigenvalue weighted by atomic mass is 10.2. The third-order valence-electron chi connectivity index (χ3n) is 3.83. The Balaban J connectivity index is 1.80. The molecule has 152 valence electrons. The summed E-state index contributed by atoms with van der Waals surface area (Å²) in [4.78, 5) is 24.0. The average Bonchev–Trinajstić information content (AvgIpc) is 2.66. The Labute approximate surface area is 168 Å². The minimum atomic E-state index is -3.83.